The van der Waals surface area contributed by atoms with E-state index in [0.717, 1.165) is 17.0 Å². The van der Waals surface area contributed by atoms with Gasteiger partial charge in [-0.2, -0.15) is 0 Å². The lowest BCUT2D eigenvalue weighted by atomic mass is 10.1. The third-order valence-electron chi connectivity index (χ3n) is 3.55. The lowest BCUT2D eigenvalue weighted by molar-refractivity contribution is 0.376. The van der Waals surface area contributed by atoms with Gasteiger partial charge < -0.3 is 4.90 Å². The molecule has 0 spiro atoms. The number of hydrogen-bond acceptors (Lipinski definition) is 4. The molecule has 1 unspecified atom stereocenters. The molecule has 1 aromatic carbocycles. The summed E-state index contributed by atoms with van der Waals surface area (Å²) in [7, 11) is 5.72. The fourth-order valence-corrected chi connectivity index (χ4v) is 2.32. The molecule has 2 rings (SSSR count). The highest BCUT2D eigenvalue weighted by atomic mass is 19.1. The maximum absolute atomic E-state index is 13.4. The average Bonchev–Trinajstić information content (AvgIpc) is 2.43. The molecule has 0 aromatic heterocycles. The minimum absolute atomic E-state index is 0.0115. The predicted molar refractivity (Wildman–Crippen MR) is 80.9 cm³/mol. The fraction of sp³-hybridized carbons (Fsp3) is 0.400. The van der Waals surface area contributed by atoms with Crippen LogP contribution in [0.4, 0.5) is 4.39 Å². The zero-order valence-electron chi connectivity index (χ0n) is 12.3. The van der Waals surface area contributed by atoms with Crippen LogP contribution in [0.2, 0.25) is 0 Å². The molecule has 0 fully saturated rings. The number of halogens is 1. The highest BCUT2D eigenvalue weighted by molar-refractivity contribution is 6.04. The minimum atomic E-state index is -0.229. The standard InChI is InChI=1S/C15H21FN4/c1-10-19-13(15(17-2)18-3)9-14(20(10)4)11-6-5-7-12(16)8-11/h5-10,15,17-18H,1-4H3. The highest BCUT2D eigenvalue weighted by Gasteiger charge is 2.22. The van der Waals surface area contributed by atoms with Gasteiger partial charge in [0, 0.05) is 18.3 Å². The molecule has 0 radical (unpaired) electrons. The third kappa shape index (κ3) is 2.89. The van der Waals surface area contributed by atoms with Crippen LogP contribution in [0, 0.1) is 5.82 Å². The van der Waals surface area contributed by atoms with Crippen molar-refractivity contribution < 1.29 is 4.39 Å². The van der Waals surface area contributed by atoms with E-state index in [1.54, 1.807) is 12.1 Å². The van der Waals surface area contributed by atoms with Gasteiger partial charge in [-0.1, -0.05) is 12.1 Å². The molecule has 0 amide bonds. The van der Waals surface area contributed by atoms with Crippen molar-refractivity contribution in [3.05, 3.63) is 41.7 Å². The van der Waals surface area contributed by atoms with E-state index in [4.69, 9.17) is 0 Å². The molecule has 2 N–H and O–H groups in total. The quantitative estimate of drug-likeness (QED) is 0.822. The molecule has 0 bridgehead atoms. The highest BCUT2D eigenvalue weighted by Crippen LogP contribution is 2.25. The van der Waals surface area contributed by atoms with Gasteiger partial charge in [-0.05, 0) is 39.2 Å². The molecule has 1 aliphatic rings. The molecule has 1 aromatic rings. The molecule has 0 saturated heterocycles. The first-order valence-electron chi connectivity index (χ1n) is 6.69. The van der Waals surface area contributed by atoms with Gasteiger partial charge >= 0.3 is 0 Å². The van der Waals surface area contributed by atoms with Crippen molar-refractivity contribution in [2.45, 2.75) is 19.3 Å². The summed E-state index contributed by atoms with van der Waals surface area (Å²) in [5, 5.41) is 6.32. The van der Waals surface area contributed by atoms with Gasteiger partial charge in [0.05, 0.1) is 5.71 Å². The van der Waals surface area contributed by atoms with Crippen molar-refractivity contribution in [3.63, 3.8) is 0 Å². The first kappa shape index (κ1) is 14.7. The second-order valence-electron chi connectivity index (χ2n) is 4.85. The molecular formula is C15H21FN4. The van der Waals surface area contributed by atoms with Gasteiger partial charge in [-0.25, -0.2) is 4.39 Å². The van der Waals surface area contributed by atoms with Crippen molar-refractivity contribution in [1.82, 2.24) is 15.5 Å². The van der Waals surface area contributed by atoms with Crippen LogP contribution in [-0.4, -0.2) is 44.1 Å². The smallest absolute Gasteiger partial charge is 0.123 e. The topological polar surface area (TPSA) is 39.7 Å². The molecular weight excluding hydrogens is 255 g/mol. The van der Waals surface area contributed by atoms with Crippen molar-refractivity contribution in [2.24, 2.45) is 4.99 Å². The van der Waals surface area contributed by atoms with E-state index in [1.165, 1.54) is 6.07 Å². The maximum atomic E-state index is 13.4. The Morgan fingerprint density at radius 2 is 2.00 bits per heavy atom. The molecule has 108 valence electrons. The molecule has 1 aliphatic heterocycles. The molecule has 1 atom stereocenters. The van der Waals surface area contributed by atoms with E-state index in [-0.39, 0.29) is 18.1 Å². The minimum Gasteiger partial charge on any atom is -0.352 e. The lowest BCUT2D eigenvalue weighted by Gasteiger charge is -2.33. The molecule has 20 heavy (non-hydrogen) atoms. The zero-order chi connectivity index (χ0) is 14.7. The Bertz CT molecular complexity index is 534. The average molecular weight is 276 g/mol. The Morgan fingerprint density at radius 3 is 2.60 bits per heavy atom. The first-order valence-corrected chi connectivity index (χ1v) is 6.69. The Kier molecular flexibility index (Phi) is 4.52. The Labute approximate surface area is 119 Å². The largest absolute Gasteiger partial charge is 0.352 e. The third-order valence-corrected chi connectivity index (χ3v) is 3.55. The number of hydrogen-bond donors (Lipinski definition) is 2. The monoisotopic (exact) mass is 276 g/mol. The number of rotatable bonds is 4. The summed E-state index contributed by atoms with van der Waals surface area (Å²) in [6, 6.07) is 6.64. The van der Waals surface area contributed by atoms with E-state index < -0.39 is 0 Å². The van der Waals surface area contributed by atoms with Gasteiger partial charge in [0.15, 0.2) is 0 Å². The Hall–Kier alpha value is -1.72. The SMILES string of the molecule is CNC(NC)C1=NC(C)N(C)C(c2cccc(F)c2)=C1. The summed E-state index contributed by atoms with van der Waals surface area (Å²) in [6.07, 6.45) is 1.99. The number of nitrogens with zero attached hydrogens (tertiary/aromatic N) is 2. The zero-order valence-corrected chi connectivity index (χ0v) is 12.3. The van der Waals surface area contributed by atoms with E-state index in [1.807, 2.05) is 45.1 Å². The molecule has 1 heterocycles. The molecule has 0 aliphatic carbocycles. The summed E-state index contributed by atoms with van der Waals surface area (Å²) in [6.45, 7) is 2.02. The summed E-state index contributed by atoms with van der Waals surface area (Å²) in [5.74, 6) is -0.229. The molecule has 4 nitrogen and oxygen atoms in total. The predicted octanol–water partition coefficient (Wildman–Crippen LogP) is 1.66. The number of nitrogens with one attached hydrogen (secondary N) is 2. The molecule has 0 saturated carbocycles. The van der Waals surface area contributed by atoms with Crippen LogP contribution in [0.1, 0.15) is 12.5 Å². The van der Waals surface area contributed by atoms with Crippen molar-refractivity contribution in [1.29, 1.82) is 0 Å². The van der Waals surface area contributed by atoms with Gasteiger partial charge in [0.2, 0.25) is 0 Å². The Balaban J connectivity index is 2.42. The van der Waals surface area contributed by atoms with Crippen LogP contribution in [0.25, 0.3) is 5.70 Å². The normalized spacial score (nSPS) is 19.1. The second-order valence-corrected chi connectivity index (χ2v) is 4.85. The van der Waals surface area contributed by atoms with Crippen LogP contribution >= 0.6 is 0 Å². The first-order chi connectivity index (χ1) is 9.56. The fourth-order valence-electron chi connectivity index (χ4n) is 2.32. The van der Waals surface area contributed by atoms with Crippen molar-refractivity contribution in [2.75, 3.05) is 21.1 Å². The summed E-state index contributed by atoms with van der Waals surface area (Å²) < 4.78 is 13.4. The van der Waals surface area contributed by atoms with Gasteiger partial charge in [0.25, 0.3) is 0 Å². The van der Waals surface area contributed by atoms with Gasteiger partial charge in [-0.3, -0.25) is 15.6 Å². The van der Waals surface area contributed by atoms with Crippen LogP contribution < -0.4 is 10.6 Å². The van der Waals surface area contributed by atoms with Crippen LogP contribution in [0.15, 0.2) is 35.3 Å². The van der Waals surface area contributed by atoms with Crippen molar-refractivity contribution >= 4 is 11.4 Å². The maximum Gasteiger partial charge on any atom is 0.123 e. The van der Waals surface area contributed by atoms with Gasteiger partial charge in [0.1, 0.15) is 18.1 Å². The lowest BCUT2D eigenvalue weighted by Crippen LogP contribution is -2.46. The van der Waals surface area contributed by atoms with Crippen molar-refractivity contribution in [3.8, 4) is 0 Å². The number of benzene rings is 1. The summed E-state index contributed by atoms with van der Waals surface area (Å²) >= 11 is 0. The molecule has 5 heteroatoms. The summed E-state index contributed by atoms with van der Waals surface area (Å²) in [4.78, 5) is 6.69. The van der Waals surface area contributed by atoms with Crippen LogP contribution in [0.5, 0.6) is 0 Å². The van der Waals surface area contributed by atoms with E-state index in [9.17, 15) is 4.39 Å². The van der Waals surface area contributed by atoms with Crippen LogP contribution in [-0.2, 0) is 0 Å². The second kappa shape index (κ2) is 6.15. The Morgan fingerprint density at radius 1 is 1.30 bits per heavy atom. The van der Waals surface area contributed by atoms with Crippen LogP contribution in [0.3, 0.4) is 0 Å². The van der Waals surface area contributed by atoms with E-state index in [2.05, 4.69) is 15.6 Å². The summed E-state index contributed by atoms with van der Waals surface area (Å²) in [5.41, 5.74) is 2.75. The van der Waals surface area contributed by atoms with E-state index >= 15 is 0 Å². The van der Waals surface area contributed by atoms with E-state index in [0.29, 0.717) is 0 Å². The van der Waals surface area contributed by atoms with Gasteiger partial charge in [-0.15, -0.1) is 0 Å². The number of aliphatic imine (C=N–C) groups is 1.